The van der Waals surface area contributed by atoms with Crippen LogP contribution in [0.5, 0.6) is 5.75 Å². The minimum atomic E-state index is -0.113. The molecule has 154 valence electrons. The minimum absolute atomic E-state index is 0.113. The average molecular weight is 432 g/mol. The molecule has 0 saturated heterocycles. The van der Waals surface area contributed by atoms with E-state index < -0.39 is 0 Å². The molecule has 0 unspecified atom stereocenters. The van der Waals surface area contributed by atoms with Gasteiger partial charge >= 0.3 is 0 Å². The second-order valence-electron chi connectivity index (χ2n) is 6.79. The Morgan fingerprint density at radius 1 is 1.28 bits per heavy atom. The van der Waals surface area contributed by atoms with E-state index in [2.05, 4.69) is 46.5 Å². The largest absolute Gasteiger partial charge is 0.486 e. The van der Waals surface area contributed by atoms with Crippen LogP contribution in [-0.4, -0.2) is 31.4 Å². The van der Waals surface area contributed by atoms with Crippen LogP contribution in [-0.2, 0) is 17.9 Å². The fraction of sp³-hybridized carbons (Fsp3) is 0.400. The maximum absolute atomic E-state index is 12.1. The van der Waals surface area contributed by atoms with Gasteiger partial charge in [-0.05, 0) is 37.5 Å². The van der Waals surface area contributed by atoms with Crippen molar-refractivity contribution in [2.75, 3.05) is 11.1 Å². The van der Waals surface area contributed by atoms with Crippen molar-refractivity contribution in [2.24, 2.45) is 0 Å². The van der Waals surface area contributed by atoms with Gasteiger partial charge in [-0.1, -0.05) is 37.7 Å². The Kier molecular flexibility index (Phi) is 7.27. The Morgan fingerprint density at radius 2 is 2.03 bits per heavy atom. The predicted molar refractivity (Wildman–Crippen MR) is 117 cm³/mol. The summed E-state index contributed by atoms with van der Waals surface area (Å²) in [5.41, 5.74) is 2.17. The highest BCUT2D eigenvalue weighted by molar-refractivity contribution is 7.99. The Morgan fingerprint density at radius 3 is 2.66 bits per heavy atom. The topological polar surface area (TPSA) is 81.9 Å². The number of benzene rings is 1. The highest BCUT2D eigenvalue weighted by Gasteiger charge is 2.14. The fourth-order valence-electron chi connectivity index (χ4n) is 2.64. The first kappa shape index (κ1) is 21.3. The van der Waals surface area contributed by atoms with Gasteiger partial charge in [0, 0.05) is 11.9 Å². The van der Waals surface area contributed by atoms with E-state index in [0.717, 1.165) is 17.3 Å². The molecule has 2 aromatic heterocycles. The molecule has 0 aliphatic carbocycles. The standard InChI is InChI=1S/C20H25N5O2S2/c1-5-25-17(10-27-16-8-6-15(7-9-16)13(2)3)23-24-20(25)29-12-18(26)22-19-21-14(4)11-28-19/h6-9,11,13H,5,10,12H2,1-4H3,(H,21,22,26). The van der Waals surface area contributed by atoms with Crippen molar-refractivity contribution in [1.29, 1.82) is 0 Å². The van der Waals surface area contributed by atoms with Gasteiger partial charge in [-0.2, -0.15) is 0 Å². The quantitative estimate of drug-likeness (QED) is 0.503. The van der Waals surface area contributed by atoms with Crippen LogP contribution in [0.3, 0.4) is 0 Å². The van der Waals surface area contributed by atoms with E-state index in [0.29, 0.717) is 29.4 Å². The third-order valence-corrected chi connectivity index (χ3v) is 6.06. The number of thioether (sulfide) groups is 1. The van der Waals surface area contributed by atoms with Crippen LogP contribution in [0.2, 0.25) is 0 Å². The smallest absolute Gasteiger partial charge is 0.236 e. The number of carbonyl (C=O) groups is 1. The summed E-state index contributed by atoms with van der Waals surface area (Å²) in [5, 5.41) is 14.5. The molecule has 9 heteroatoms. The van der Waals surface area contributed by atoms with Gasteiger partial charge in [-0.25, -0.2) is 4.98 Å². The van der Waals surface area contributed by atoms with E-state index in [4.69, 9.17) is 4.74 Å². The Labute approximate surface area is 178 Å². The van der Waals surface area contributed by atoms with Crippen molar-refractivity contribution in [3.05, 3.63) is 46.7 Å². The van der Waals surface area contributed by atoms with Crippen LogP contribution in [0.4, 0.5) is 5.13 Å². The van der Waals surface area contributed by atoms with Crippen LogP contribution in [0.1, 0.15) is 43.8 Å². The van der Waals surface area contributed by atoms with Crippen molar-refractivity contribution < 1.29 is 9.53 Å². The zero-order valence-electron chi connectivity index (χ0n) is 17.0. The molecule has 3 rings (SSSR count). The summed E-state index contributed by atoms with van der Waals surface area (Å²) in [6.07, 6.45) is 0. The summed E-state index contributed by atoms with van der Waals surface area (Å²) in [5.74, 6) is 2.15. The first-order valence-corrected chi connectivity index (χ1v) is 11.3. The molecule has 0 aliphatic heterocycles. The number of aromatic nitrogens is 4. The van der Waals surface area contributed by atoms with E-state index in [1.54, 1.807) is 0 Å². The first-order valence-electron chi connectivity index (χ1n) is 9.46. The normalized spacial score (nSPS) is 11.1. The summed E-state index contributed by atoms with van der Waals surface area (Å²) in [6.45, 7) is 9.27. The number of nitrogens with one attached hydrogen (secondary N) is 1. The van der Waals surface area contributed by atoms with Gasteiger partial charge in [-0.15, -0.1) is 21.5 Å². The van der Waals surface area contributed by atoms with Crippen molar-refractivity contribution in [3.63, 3.8) is 0 Å². The van der Waals surface area contributed by atoms with Crippen LogP contribution in [0.15, 0.2) is 34.8 Å². The van der Waals surface area contributed by atoms with E-state index in [1.807, 2.05) is 35.9 Å². The zero-order chi connectivity index (χ0) is 20.8. The van der Waals surface area contributed by atoms with Crippen molar-refractivity contribution in [1.82, 2.24) is 19.7 Å². The molecule has 0 bridgehead atoms. The molecular weight excluding hydrogens is 406 g/mol. The van der Waals surface area contributed by atoms with E-state index in [1.165, 1.54) is 28.7 Å². The first-order chi connectivity index (χ1) is 14.0. The molecule has 2 heterocycles. The number of hydrogen-bond donors (Lipinski definition) is 1. The van der Waals surface area contributed by atoms with Gasteiger partial charge in [0.05, 0.1) is 11.4 Å². The van der Waals surface area contributed by atoms with Gasteiger partial charge in [0.15, 0.2) is 16.1 Å². The maximum Gasteiger partial charge on any atom is 0.236 e. The molecule has 29 heavy (non-hydrogen) atoms. The summed E-state index contributed by atoms with van der Waals surface area (Å²) in [4.78, 5) is 16.4. The SMILES string of the molecule is CCn1c(COc2ccc(C(C)C)cc2)nnc1SCC(=O)Nc1nc(C)cs1. The zero-order valence-corrected chi connectivity index (χ0v) is 18.6. The van der Waals surface area contributed by atoms with Gasteiger partial charge in [0.1, 0.15) is 12.4 Å². The van der Waals surface area contributed by atoms with Gasteiger partial charge < -0.3 is 14.6 Å². The van der Waals surface area contributed by atoms with Crippen molar-refractivity contribution in [3.8, 4) is 5.75 Å². The molecule has 1 N–H and O–H groups in total. The van der Waals surface area contributed by atoms with Gasteiger partial charge in [0.25, 0.3) is 0 Å². The molecule has 0 aliphatic rings. The molecule has 0 spiro atoms. The highest BCUT2D eigenvalue weighted by atomic mass is 32.2. The van der Waals surface area contributed by atoms with E-state index >= 15 is 0 Å². The molecule has 7 nitrogen and oxygen atoms in total. The molecule has 1 amide bonds. The van der Waals surface area contributed by atoms with E-state index in [9.17, 15) is 4.79 Å². The summed E-state index contributed by atoms with van der Waals surface area (Å²) >= 11 is 2.77. The number of carbonyl (C=O) groups excluding carboxylic acids is 1. The maximum atomic E-state index is 12.1. The van der Waals surface area contributed by atoms with E-state index in [-0.39, 0.29) is 11.7 Å². The number of nitrogens with zero attached hydrogens (tertiary/aromatic N) is 4. The fourth-order valence-corrected chi connectivity index (χ4v) is 4.17. The van der Waals surface area contributed by atoms with Crippen LogP contribution >= 0.6 is 23.1 Å². The number of thiazole rings is 1. The summed E-state index contributed by atoms with van der Waals surface area (Å²) < 4.78 is 7.84. The Bertz CT molecular complexity index is 950. The number of ether oxygens (including phenoxy) is 1. The van der Waals surface area contributed by atoms with Crippen LogP contribution < -0.4 is 10.1 Å². The number of aryl methyl sites for hydroxylation is 1. The van der Waals surface area contributed by atoms with Gasteiger partial charge in [0.2, 0.25) is 5.91 Å². The van der Waals surface area contributed by atoms with Crippen molar-refractivity contribution >= 4 is 34.1 Å². The Hall–Kier alpha value is -2.39. The molecular formula is C20H25N5O2S2. The highest BCUT2D eigenvalue weighted by Crippen LogP contribution is 2.22. The lowest BCUT2D eigenvalue weighted by molar-refractivity contribution is -0.113. The van der Waals surface area contributed by atoms with Crippen molar-refractivity contribution in [2.45, 2.75) is 51.9 Å². The average Bonchev–Trinajstić information content (AvgIpc) is 3.30. The lowest BCUT2D eigenvalue weighted by atomic mass is 10.0. The Balaban J connectivity index is 1.55. The molecule has 0 radical (unpaired) electrons. The molecule has 0 atom stereocenters. The number of anilines is 1. The number of rotatable bonds is 9. The lowest BCUT2D eigenvalue weighted by Crippen LogP contribution is -2.14. The summed E-state index contributed by atoms with van der Waals surface area (Å²) in [7, 11) is 0. The van der Waals surface area contributed by atoms with Gasteiger partial charge in [-0.3, -0.25) is 4.79 Å². The number of amides is 1. The molecule has 0 saturated carbocycles. The minimum Gasteiger partial charge on any atom is -0.486 e. The lowest BCUT2D eigenvalue weighted by Gasteiger charge is -2.10. The second kappa shape index (κ2) is 9.89. The summed E-state index contributed by atoms with van der Waals surface area (Å²) in [6, 6.07) is 8.10. The third-order valence-electron chi connectivity index (χ3n) is 4.22. The third kappa shape index (κ3) is 5.80. The second-order valence-corrected chi connectivity index (χ2v) is 8.59. The molecule has 3 aromatic rings. The predicted octanol–water partition coefficient (Wildman–Crippen LogP) is 4.50. The molecule has 0 fully saturated rings. The van der Waals surface area contributed by atoms with Crippen LogP contribution in [0.25, 0.3) is 0 Å². The molecule has 1 aromatic carbocycles. The van der Waals surface area contributed by atoms with Crippen LogP contribution in [0, 0.1) is 6.92 Å². The monoisotopic (exact) mass is 431 g/mol. The number of hydrogen-bond acceptors (Lipinski definition) is 7.